The van der Waals surface area contributed by atoms with Crippen LogP contribution in [0.25, 0.3) is 10.9 Å². The first-order valence-electron chi connectivity index (χ1n) is 7.99. The summed E-state index contributed by atoms with van der Waals surface area (Å²) in [5, 5.41) is 1.07. The molecule has 0 aliphatic carbocycles. The molecule has 0 saturated carbocycles. The van der Waals surface area contributed by atoms with Crippen LogP contribution in [-0.4, -0.2) is 32.7 Å². The van der Waals surface area contributed by atoms with E-state index in [4.69, 9.17) is 32.7 Å². The third-order valence-corrected chi connectivity index (χ3v) is 5.76. The molecule has 0 fully saturated rings. The first-order valence-corrected chi connectivity index (χ1v) is 10.6. The second-order valence-electron chi connectivity index (χ2n) is 5.99. The van der Waals surface area contributed by atoms with Gasteiger partial charge in [0, 0.05) is 23.3 Å². The highest BCUT2D eigenvalue weighted by Gasteiger charge is 2.17. The fourth-order valence-corrected chi connectivity index (χ4v) is 3.55. The Labute approximate surface area is 171 Å². The second-order valence-corrected chi connectivity index (χ2v) is 8.77. The number of esters is 1. The van der Waals surface area contributed by atoms with Crippen molar-refractivity contribution in [3.8, 4) is 5.75 Å². The molecule has 3 rings (SSSR count). The molecular weight excluding hydrogens is 425 g/mol. The van der Waals surface area contributed by atoms with Gasteiger partial charge in [-0.1, -0.05) is 23.2 Å². The number of halogens is 2. The van der Waals surface area contributed by atoms with Crippen molar-refractivity contribution in [2.75, 3.05) is 13.4 Å². The summed E-state index contributed by atoms with van der Waals surface area (Å²) < 4.78 is 33.8. The summed E-state index contributed by atoms with van der Waals surface area (Å²) in [6.45, 7) is -0.147. The molecule has 2 aromatic carbocycles. The largest absolute Gasteiger partial charge is 0.497 e. The number of carbonyl (C=O) groups is 1. The molecule has 1 heterocycles. The van der Waals surface area contributed by atoms with Crippen LogP contribution in [0.4, 0.5) is 0 Å². The fourth-order valence-electron chi connectivity index (χ4n) is 2.51. The van der Waals surface area contributed by atoms with Gasteiger partial charge in [0.2, 0.25) is 0 Å². The molecule has 0 radical (unpaired) electrons. The summed E-state index contributed by atoms with van der Waals surface area (Å²) in [4.78, 5) is 16.7. The van der Waals surface area contributed by atoms with E-state index in [1.54, 1.807) is 25.3 Å². The van der Waals surface area contributed by atoms with E-state index in [0.717, 1.165) is 11.6 Å². The highest BCUT2D eigenvalue weighted by atomic mass is 35.5. The van der Waals surface area contributed by atoms with Crippen LogP contribution < -0.4 is 4.74 Å². The van der Waals surface area contributed by atoms with E-state index in [1.165, 1.54) is 18.2 Å². The van der Waals surface area contributed by atoms with Crippen LogP contribution >= 0.6 is 23.2 Å². The Morgan fingerprint density at radius 2 is 1.86 bits per heavy atom. The number of methoxy groups -OCH3 is 1. The summed E-state index contributed by atoms with van der Waals surface area (Å²) in [6, 6.07) is 10.9. The van der Waals surface area contributed by atoms with Gasteiger partial charge >= 0.3 is 5.97 Å². The summed E-state index contributed by atoms with van der Waals surface area (Å²) in [6.07, 6.45) is 1.04. The smallest absolute Gasteiger partial charge is 0.340 e. The maximum Gasteiger partial charge on any atom is 0.340 e. The van der Waals surface area contributed by atoms with Crippen molar-refractivity contribution in [3.63, 3.8) is 0 Å². The van der Waals surface area contributed by atoms with E-state index in [2.05, 4.69) is 4.98 Å². The van der Waals surface area contributed by atoms with Crippen LogP contribution in [0.2, 0.25) is 10.2 Å². The lowest BCUT2D eigenvalue weighted by Gasteiger charge is -2.10. The number of pyridine rings is 1. The minimum Gasteiger partial charge on any atom is -0.497 e. The first kappa shape index (κ1) is 20.4. The van der Waals surface area contributed by atoms with E-state index in [0.29, 0.717) is 16.8 Å². The fraction of sp³-hybridized carbons (Fsp3) is 0.158. The highest BCUT2D eigenvalue weighted by molar-refractivity contribution is 7.90. The van der Waals surface area contributed by atoms with E-state index in [9.17, 15) is 13.2 Å². The zero-order valence-corrected chi connectivity index (χ0v) is 17.2. The average Bonchev–Trinajstić information content (AvgIpc) is 2.65. The number of sulfone groups is 1. The van der Waals surface area contributed by atoms with Crippen LogP contribution in [0.1, 0.15) is 15.9 Å². The maximum absolute atomic E-state index is 12.4. The number of benzene rings is 2. The zero-order valence-electron chi connectivity index (χ0n) is 14.9. The lowest BCUT2D eigenvalue weighted by atomic mass is 10.1. The summed E-state index contributed by atoms with van der Waals surface area (Å²) >= 11 is 12.2. The quantitative estimate of drug-likeness (QED) is 0.434. The summed E-state index contributed by atoms with van der Waals surface area (Å²) in [5.41, 5.74) is 1.10. The van der Waals surface area contributed by atoms with Crippen LogP contribution in [0, 0.1) is 0 Å². The predicted octanol–water partition coefficient (Wildman–Crippen LogP) is 4.31. The van der Waals surface area contributed by atoms with Gasteiger partial charge in [0.15, 0.2) is 9.84 Å². The molecule has 0 amide bonds. The Bertz CT molecular complexity index is 1180. The van der Waals surface area contributed by atoms with Gasteiger partial charge in [0.05, 0.1) is 28.1 Å². The molecule has 0 N–H and O–H groups in total. The third-order valence-electron chi connectivity index (χ3n) is 4.00. The Morgan fingerprint density at radius 1 is 1.11 bits per heavy atom. The molecule has 0 bridgehead atoms. The van der Waals surface area contributed by atoms with Crippen molar-refractivity contribution in [1.82, 2.24) is 4.98 Å². The van der Waals surface area contributed by atoms with E-state index in [-0.39, 0.29) is 27.2 Å². The van der Waals surface area contributed by atoms with Gasteiger partial charge in [-0.25, -0.2) is 18.2 Å². The lowest BCUT2D eigenvalue weighted by molar-refractivity contribution is 0.0472. The number of ether oxygens (including phenoxy) is 2. The summed E-state index contributed by atoms with van der Waals surface area (Å²) in [5.74, 6) is -0.114. The Morgan fingerprint density at radius 3 is 2.54 bits per heavy atom. The molecule has 0 atom stereocenters. The van der Waals surface area contributed by atoms with Crippen molar-refractivity contribution in [2.24, 2.45) is 0 Å². The van der Waals surface area contributed by atoms with Crippen molar-refractivity contribution in [3.05, 3.63) is 63.8 Å². The van der Waals surface area contributed by atoms with E-state index < -0.39 is 15.8 Å². The topological polar surface area (TPSA) is 82.6 Å². The molecule has 1 aromatic heterocycles. The summed E-state index contributed by atoms with van der Waals surface area (Å²) in [7, 11) is -1.93. The molecule has 0 aliphatic rings. The number of rotatable bonds is 5. The van der Waals surface area contributed by atoms with Gasteiger partial charge in [-0.05, 0) is 36.4 Å². The molecule has 28 heavy (non-hydrogen) atoms. The van der Waals surface area contributed by atoms with Gasteiger partial charge in [-0.15, -0.1) is 0 Å². The van der Waals surface area contributed by atoms with Crippen molar-refractivity contribution < 1.29 is 22.7 Å². The first-order chi connectivity index (χ1) is 13.2. The van der Waals surface area contributed by atoms with Gasteiger partial charge in [0.25, 0.3) is 0 Å². The molecule has 0 spiro atoms. The van der Waals surface area contributed by atoms with Crippen LogP contribution in [-0.2, 0) is 21.2 Å². The van der Waals surface area contributed by atoms with Gasteiger partial charge < -0.3 is 9.47 Å². The molecule has 9 heteroatoms. The van der Waals surface area contributed by atoms with Crippen LogP contribution in [0.5, 0.6) is 5.75 Å². The van der Waals surface area contributed by atoms with E-state index >= 15 is 0 Å². The van der Waals surface area contributed by atoms with Crippen LogP contribution in [0.3, 0.4) is 0 Å². The molecule has 0 aliphatic heterocycles. The standard InChI is InChI=1S/C19H15Cl2NO5S/c1-26-13-4-3-11-7-12(18(21)22-17(11)8-13)10-27-19(23)15-9-14(28(2,24)25)5-6-16(15)20/h3-9H,10H2,1-2H3. The van der Waals surface area contributed by atoms with E-state index in [1.807, 2.05) is 6.07 Å². The normalized spacial score (nSPS) is 11.4. The van der Waals surface area contributed by atoms with Gasteiger partial charge in [0.1, 0.15) is 17.5 Å². The molecule has 0 unspecified atom stereocenters. The van der Waals surface area contributed by atoms with Crippen molar-refractivity contribution in [2.45, 2.75) is 11.5 Å². The van der Waals surface area contributed by atoms with Crippen molar-refractivity contribution >= 4 is 49.9 Å². The van der Waals surface area contributed by atoms with Gasteiger partial charge in [-0.3, -0.25) is 0 Å². The maximum atomic E-state index is 12.4. The Kier molecular flexibility index (Phi) is 5.79. The zero-order chi connectivity index (χ0) is 20.5. The number of hydrogen-bond donors (Lipinski definition) is 0. The number of hydrogen-bond acceptors (Lipinski definition) is 6. The Balaban J connectivity index is 1.84. The van der Waals surface area contributed by atoms with Crippen LogP contribution in [0.15, 0.2) is 47.4 Å². The van der Waals surface area contributed by atoms with Gasteiger partial charge in [-0.2, -0.15) is 0 Å². The Hall–Kier alpha value is -2.35. The molecule has 146 valence electrons. The minimum atomic E-state index is -3.49. The molecule has 0 saturated heterocycles. The average molecular weight is 440 g/mol. The number of fused-ring (bicyclic) bond motifs is 1. The molecule has 6 nitrogen and oxygen atoms in total. The highest BCUT2D eigenvalue weighted by Crippen LogP contribution is 2.26. The minimum absolute atomic E-state index is 0.0248. The number of nitrogens with zero attached hydrogens (tertiary/aromatic N) is 1. The third kappa shape index (κ3) is 4.38. The SMILES string of the molecule is COc1ccc2cc(COC(=O)c3cc(S(C)(=O)=O)ccc3Cl)c(Cl)nc2c1. The lowest BCUT2D eigenvalue weighted by Crippen LogP contribution is -2.08. The number of aromatic nitrogens is 1. The second kappa shape index (κ2) is 7.95. The molecule has 3 aromatic rings. The van der Waals surface area contributed by atoms with Crippen molar-refractivity contribution in [1.29, 1.82) is 0 Å². The number of carbonyl (C=O) groups excluding carboxylic acids is 1. The molecular formula is C19H15Cl2NO5S. The monoisotopic (exact) mass is 439 g/mol. The predicted molar refractivity (Wildman–Crippen MR) is 107 cm³/mol.